The van der Waals surface area contributed by atoms with Crippen LogP contribution in [0.4, 0.5) is 8.78 Å². The van der Waals surface area contributed by atoms with Gasteiger partial charge in [-0.25, -0.2) is 13.1 Å². The van der Waals surface area contributed by atoms with Gasteiger partial charge in [0.2, 0.25) is 5.91 Å². The maximum Gasteiger partial charge on any atom is 0.350 e. The summed E-state index contributed by atoms with van der Waals surface area (Å²) in [6.45, 7) is 1.35. The second-order valence-electron chi connectivity index (χ2n) is 4.61. The number of sulfonamides is 1. The minimum atomic E-state index is -4.65. The van der Waals surface area contributed by atoms with E-state index in [0.717, 1.165) is 0 Å². The molecule has 0 saturated heterocycles. The van der Waals surface area contributed by atoms with Crippen LogP contribution in [0.5, 0.6) is 5.75 Å². The standard InChI is InChI=1S/C14H17F2N3O4S/c1-2-13(20)18-9-11-7-12(4-3-10(11)8-17)23-6-5-19-24(21,22)14(15)16/h3-4,7,14,19H,2,5-6,9H2,1H3,(H,18,20). The number of benzene rings is 1. The average molecular weight is 361 g/mol. The fourth-order valence-corrected chi connectivity index (χ4v) is 2.14. The van der Waals surface area contributed by atoms with Crippen LogP contribution in [0.2, 0.25) is 0 Å². The summed E-state index contributed by atoms with van der Waals surface area (Å²) >= 11 is 0. The molecule has 7 nitrogen and oxygen atoms in total. The van der Waals surface area contributed by atoms with Crippen LogP contribution in [0.1, 0.15) is 24.5 Å². The molecule has 1 aromatic rings. The minimum absolute atomic E-state index is 0.144. The van der Waals surface area contributed by atoms with Crippen molar-refractivity contribution in [3.63, 3.8) is 0 Å². The summed E-state index contributed by atoms with van der Waals surface area (Å²) < 4.78 is 52.9. The van der Waals surface area contributed by atoms with Gasteiger partial charge in [-0.2, -0.15) is 14.0 Å². The SMILES string of the molecule is CCC(=O)NCc1cc(OCCNS(=O)(=O)C(F)F)ccc1C#N. The highest BCUT2D eigenvalue weighted by Gasteiger charge is 2.22. The third-order valence-corrected chi connectivity index (χ3v) is 3.98. The van der Waals surface area contributed by atoms with Crippen molar-refractivity contribution in [2.75, 3.05) is 13.2 Å². The van der Waals surface area contributed by atoms with E-state index in [1.165, 1.54) is 18.2 Å². The topological polar surface area (TPSA) is 108 Å². The van der Waals surface area contributed by atoms with Gasteiger partial charge in [-0.3, -0.25) is 4.79 Å². The van der Waals surface area contributed by atoms with Crippen LogP contribution in [0.25, 0.3) is 0 Å². The second-order valence-corrected chi connectivity index (χ2v) is 6.34. The summed E-state index contributed by atoms with van der Waals surface area (Å²) in [4.78, 5) is 11.3. The molecule has 0 heterocycles. The molecule has 1 amide bonds. The number of alkyl halides is 2. The van der Waals surface area contributed by atoms with Crippen molar-refractivity contribution in [2.24, 2.45) is 0 Å². The van der Waals surface area contributed by atoms with Crippen LogP contribution in [-0.2, 0) is 21.4 Å². The Morgan fingerprint density at radius 3 is 2.71 bits per heavy atom. The van der Waals surface area contributed by atoms with E-state index in [1.807, 2.05) is 6.07 Å². The number of nitrogens with zero attached hydrogens (tertiary/aromatic N) is 1. The molecule has 0 radical (unpaired) electrons. The molecule has 0 aliphatic carbocycles. The van der Waals surface area contributed by atoms with Gasteiger partial charge in [0, 0.05) is 19.5 Å². The quantitative estimate of drug-likeness (QED) is 0.641. The highest BCUT2D eigenvalue weighted by atomic mass is 32.2. The van der Waals surface area contributed by atoms with E-state index in [4.69, 9.17) is 10.00 Å². The Balaban J connectivity index is 2.63. The molecule has 1 aromatic carbocycles. The molecule has 0 aliphatic rings. The first-order chi connectivity index (χ1) is 11.3. The van der Waals surface area contributed by atoms with Crippen LogP contribution in [-0.4, -0.2) is 33.2 Å². The lowest BCUT2D eigenvalue weighted by atomic mass is 10.1. The number of hydrogen-bond acceptors (Lipinski definition) is 5. The summed E-state index contributed by atoms with van der Waals surface area (Å²) in [5, 5.41) is 11.7. The number of amides is 1. The third kappa shape index (κ3) is 6.10. The first-order valence-electron chi connectivity index (χ1n) is 6.99. The normalized spacial score (nSPS) is 11.1. The van der Waals surface area contributed by atoms with Crippen LogP contribution < -0.4 is 14.8 Å². The Labute approximate surface area is 138 Å². The molecule has 10 heteroatoms. The lowest BCUT2D eigenvalue weighted by molar-refractivity contribution is -0.120. The van der Waals surface area contributed by atoms with Gasteiger partial charge in [-0.05, 0) is 23.8 Å². The van der Waals surface area contributed by atoms with E-state index in [0.29, 0.717) is 23.3 Å². The average Bonchev–Trinajstić information content (AvgIpc) is 2.56. The molecule has 2 N–H and O–H groups in total. The number of ether oxygens (including phenoxy) is 1. The van der Waals surface area contributed by atoms with Gasteiger partial charge in [0.25, 0.3) is 10.0 Å². The molecule has 1 rings (SSSR count). The number of halogens is 2. The molecule has 0 fully saturated rings. The second kappa shape index (κ2) is 9.14. The minimum Gasteiger partial charge on any atom is -0.492 e. The largest absolute Gasteiger partial charge is 0.492 e. The first-order valence-corrected chi connectivity index (χ1v) is 8.54. The number of rotatable bonds is 9. The monoisotopic (exact) mass is 361 g/mol. The Morgan fingerprint density at radius 2 is 2.12 bits per heavy atom. The highest BCUT2D eigenvalue weighted by Crippen LogP contribution is 2.17. The summed E-state index contributed by atoms with van der Waals surface area (Å²) in [7, 11) is -4.65. The van der Waals surface area contributed by atoms with Gasteiger partial charge < -0.3 is 10.1 Å². The maximum atomic E-state index is 12.1. The molecule has 0 unspecified atom stereocenters. The molecule has 24 heavy (non-hydrogen) atoms. The molecule has 0 saturated carbocycles. The Morgan fingerprint density at radius 1 is 1.42 bits per heavy atom. The fourth-order valence-electron chi connectivity index (χ4n) is 1.65. The van der Waals surface area contributed by atoms with Crippen molar-refractivity contribution in [3.8, 4) is 11.8 Å². The molecule has 0 spiro atoms. The number of nitrogens with one attached hydrogen (secondary N) is 2. The number of nitriles is 1. The van der Waals surface area contributed by atoms with E-state index in [1.54, 1.807) is 11.6 Å². The zero-order chi connectivity index (χ0) is 18.2. The summed E-state index contributed by atoms with van der Waals surface area (Å²) in [6.07, 6.45) is 0.308. The predicted octanol–water partition coefficient (Wildman–Crippen LogP) is 1.11. The number of carbonyl (C=O) groups is 1. The molecular formula is C14H17F2N3O4S. The van der Waals surface area contributed by atoms with Crippen molar-refractivity contribution in [1.82, 2.24) is 10.0 Å². The molecule has 0 atom stereocenters. The van der Waals surface area contributed by atoms with Gasteiger partial charge in [0.05, 0.1) is 11.6 Å². The van der Waals surface area contributed by atoms with Crippen molar-refractivity contribution in [2.45, 2.75) is 25.6 Å². The fraction of sp³-hybridized carbons (Fsp3) is 0.429. The van der Waals surface area contributed by atoms with Gasteiger partial charge >= 0.3 is 5.76 Å². The zero-order valence-electron chi connectivity index (χ0n) is 12.9. The lowest BCUT2D eigenvalue weighted by Crippen LogP contribution is -2.32. The van der Waals surface area contributed by atoms with Crippen molar-refractivity contribution < 1.29 is 26.7 Å². The van der Waals surface area contributed by atoms with E-state index in [-0.39, 0.29) is 25.6 Å². The Kier molecular flexibility index (Phi) is 7.54. The van der Waals surface area contributed by atoms with Crippen LogP contribution >= 0.6 is 0 Å². The molecule has 0 bridgehead atoms. The summed E-state index contributed by atoms with van der Waals surface area (Å²) in [5.74, 6) is -3.35. The van der Waals surface area contributed by atoms with E-state index >= 15 is 0 Å². The predicted molar refractivity (Wildman–Crippen MR) is 81.7 cm³/mol. The van der Waals surface area contributed by atoms with Crippen LogP contribution in [0.3, 0.4) is 0 Å². The van der Waals surface area contributed by atoms with Gasteiger partial charge in [0.15, 0.2) is 0 Å². The van der Waals surface area contributed by atoms with Crippen LogP contribution in [0, 0.1) is 11.3 Å². The molecule has 0 aliphatic heterocycles. The molecular weight excluding hydrogens is 344 g/mol. The first kappa shape index (κ1) is 19.8. The van der Waals surface area contributed by atoms with Crippen molar-refractivity contribution >= 4 is 15.9 Å². The molecule has 0 aromatic heterocycles. The summed E-state index contributed by atoms with van der Waals surface area (Å²) in [5.41, 5.74) is 0.891. The number of carbonyl (C=O) groups excluding carboxylic acids is 1. The van der Waals surface area contributed by atoms with Gasteiger partial charge in [0.1, 0.15) is 12.4 Å². The Bertz CT molecular complexity index is 717. The van der Waals surface area contributed by atoms with Crippen molar-refractivity contribution in [1.29, 1.82) is 5.26 Å². The van der Waals surface area contributed by atoms with Gasteiger partial charge in [-0.15, -0.1) is 0 Å². The van der Waals surface area contributed by atoms with E-state index in [2.05, 4.69) is 5.32 Å². The zero-order valence-corrected chi connectivity index (χ0v) is 13.7. The smallest absolute Gasteiger partial charge is 0.350 e. The maximum absolute atomic E-state index is 12.1. The van der Waals surface area contributed by atoms with Crippen LogP contribution in [0.15, 0.2) is 18.2 Å². The number of hydrogen-bond donors (Lipinski definition) is 2. The Hall–Kier alpha value is -2.25. The van der Waals surface area contributed by atoms with Gasteiger partial charge in [-0.1, -0.05) is 6.92 Å². The van der Waals surface area contributed by atoms with Crippen molar-refractivity contribution in [3.05, 3.63) is 29.3 Å². The summed E-state index contributed by atoms with van der Waals surface area (Å²) in [6, 6.07) is 6.49. The van der Waals surface area contributed by atoms with E-state index < -0.39 is 15.8 Å². The van der Waals surface area contributed by atoms with E-state index in [9.17, 15) is 22.0 Å². The molecule has 132 valence electrons. The lowest BCUT2D eigenvalue weighted by Gasteiger charge is -2.11. The highest BCUT2D eigenvalue weighted by molar-refractivity contribution is 7.89. The third-order valence-electron chi connectivity index (χ3n) is 2.90.